The van der Waals surface area contributed by atoms with Gasteiger partial charge in [0.25, 0.3) is 0 Å². The van der Waals surface area contributed by atoms with Crippen LogP contribution >= 0.6 is 11.6 Å². The van der Waals surface area contributed by atoms with Crippen molar-refractivity contribution in [2.24, 2.45) is 0 Å². The lowest BCUT2D eigenvalue weighted by molar-refractivity contribution is 0.774. The molecule has 2 aromatic rings. The summed E-state index contributed by atoms with van der Waals surface area (Å²) < 4.78 is 0. The van der Waals surface area contributed by atoms with E-state index in [2.05, 4.69) is 53.4 Å². The van der Waals surface area contributed by atoms with E-state index >= 15 is 0 Å². The van der Waals surface area contributed by atoms with E-state index < -0.39 is 0 Å². The van der Waals surface area contributed by atoms with Gasteiger partial charge in [-0.3, -0.25) is 0 Å². The second-order valence-corrected chi connectivity index (χ2v) is 5.36. The maximum Gasteiger partial charge on any atom is 0.134 e. The Labute approximate surface area is 125 Å². The van der Waals surface area contributed by atoms with E-state index in [9.17, 15) is 0 Å². The lowest BCUT2D eigenvalue weighted by Crippen LogP contribution is -2.19. The molecule has 0 aliphatic heterocycles. The molecular formula is C16H20ClN3. The second kappa shape index (κ2) is 7.25. The zero-order valence-corrected chi connectivity index (χ0v) is 12.7. The molecule has 4 heteroatoms. The first-order chi connectivity index (χ1) is 9.67. The van der Waals surface area contributed by atoms with Crippen molar-refractivity contribution in [3.05, 3.63) is 52.9 Å². The molecule has 1 aromatic carbocycles. The SMILES string of the molecule is CCCc1nc(Cl)cc(NC(C)Cc2ccccc2)n1. The fourth-order valence-corrected chi connectivity index (χ4v) is 2.35. The van der Waals surface area contributed by atoms with Crippen LogP contribution in [0.1, 0.15) is 31.7 Å². The van der Waals surface area contributed by atoms with Crippen LogP contribution in [0, 0.1) is 0 Å². The average molecular weight is 290 g/mol. The Morgan fingerprint density at radius 3 is 2.65 bits per heavy atom. The predicted molar refractivity (Wildman–Crippen MR) is 84.3 cm³/mol. The van der Waals surface area contributed by atoms with Crippen molar-refractivity contribution in [3.63, 3.8) is 0 Å². The number of hydrogen-bond acceptors (Lipinski definition) is 3. The molecule has 106 valence electrons. The van der Waals surface area contributed by atoms with Crippen LogP contribution in [0.3, 0.4) is 0 Å². The molecule has 0 saturated heterocycles. The zero-order valence-electron chi connectivity index (χ0n) is 11.9. The van der Waals surface area contributed by atoms with Crippen LogP contribution in [0.5, 0.6) is 0 Å². The minimum atomic E-state index is 0.290. The summed E-state index contributed by atoms with van der Waals surface area (Å²) >= 11 is 6.04. The molecule has 0 aliphatic carbocycles. The van der Waals surface area contributed by atoms with E-state index in [4.69, 9.17) is 11.6 Å². The normalized spacial score (nSPS) is 12.2. The number of hydrogen-bond donors (Lipinski definition) is 1. The summed E-state index contributed by atoms with van der Waals surface area (Å²) in [6.45, 7) is 4.25. The van der Waals surface area contributed by atoms with Gasteiger partial charge < -0.3 is 5.32 Å². The molecule has 1 N–H and O–H groups in total. The highest BCUT2D eigenvalue weighted by Gasteiger charge is 2.07. The largest absolute Gasteiger partial charge is 0.367 e. The Morgan fingerprint density at radius 2 is 1.95 bits per heavy atom. The minimum Gasteiger partial charge on any atom is -0.367 e. The van der Waals surface area contributed by atoms with Crippen LogP contribution in [0.2, 0.25) is 5.15 Å². The number of anilines is 1. The standard InChI is InChI=1S/C16H20ClN3/c1-3-7-15-19-14(17)11-16(20-15)18-12(2)10-13-8-5-4-6-9-13/h4-6,8-9,11-12H,3,7,10H2,1-2H3,(H,18,19,20). The van der Waals surface area contributed by atoms with Crippen LogP contribution in [0.15, 0.2) is 36.4 Å². The Balaban J connectivity index is 2.02. The van der Waals surface area contributed by atoms with Crippen molar-refractivity contribution in [3.8, 4) is 0 Å². The van der Waals surface area contributed by atoms with Crippen molar-refractivity contribution in [2.75, 3.05) is 5.32 Å². The molecule has 1 aromatic heterocycles. The van der Waals surface area contributed by atoms with Gasteiger partial charge in [-0.25, -0.2) is 9.97 Å². The number of halogens is 1. The molecule has 0 saturated carbocycles. The first-order valence-corrected chi connectivity index (χ1v) is 7.39. The van der Waals surface area contributed by atoms with Crippen molar-refractivity contribution in [2.45, 2.75) is 39.2 Å². The molecule has 1 atom stereocenters. The number of aromatic nitrogens is 2. The molecule has 0 aliphatic rings. The van der Waals surface area contributed by atoms with Gasteiger partial charge in [0.2, 0.25) is 0 Å². The molecule has 1 unspecified atom stereocenters. The van der Waals surface area contributed by atoms with Gasteiger partial charge in [0.1, 0.15) is 16.8 Å². The molecule has 1 heterocycles. The summed E-state index contributed by atoms with van der Waals surface area (Å²) in [7, 11) is 0. The van der Waals surface area contributed by atoms with Crippen LogP contribution in [0.4, 0.5) is 5.82 Å². The van der Waals surface area contributed by atoms with Crippen molar-refractivity contribution in [1.82, 2.24) is 9.97 Å². The molecule has 0 spiro atoms. The van der Waals surface area contributed by atoms with E-state index in [0.717, 1.165) is 30.9 Å². The Hall–Kier alpha value is -1.61. The van der Waals surface area contributed by atoms with Crippen molar-refractivity contribution in [1.29, 1.82) is 0 Å². The topological polar surface area (TPSA) is 37.8 Å². The lowest BCUT2D eigenvalue weighted by atomic mass is 10.1. The van der Waals surface area contributed by atoms with Gasteiger partial charge in [-0.1, -0.05) is 48.9 Å². The van der Waals surface area contributed by atoms with E-state index in [1.165, 1.54) is 5.56 Å². The first-order valence-electron chi connectivity index (χ1n) is 7.01. The molecule has 0 bridgehead atoms. The predicted octanol–water partition coefficient (Wildman–Crippen LogP) is 4.13. The highest BCUT2D eigenvalue weighted by molar-refractivity contribution is 6.29. The Kier molecular flexibility index (Phi) is 5.36. The summed E-state index contributed by atoms with van der Waals surface area (Å²) in [4.78, 5) is 8.73. The summed E-state index contributed by atoms with van der Waals surface area (Å²) in [6, 6.07) is 12.5. The Morgan fingerprint density at radius 1 is 1.20 bits per heavy atom. The van der Waals surface area contributed by atoms with Gasteiger partial charge >= 0.3 is 0 Å². The molecule has 2 rings (SSSR count). The maximum atomic E-state index is 6.04. The smallest absolute Gasteiger partial charge is 0.134 e. The van der Waals surface area contributed by atoms with E-state index in [-0.39, 0.29) is 6.04 Å². The van der Waals surface area contributed by atoms with Gasteiger partial charge in [0, 0.05) is 18.5 Å². The number of aryl methyl sites for hydroxylation is 1. The van der Waals surface area contributed by atoms with Crippen LogP contribution in [0.25, 0.3) is 0 Å². The number of nitrogens with one attached hydrogen (secondary N) is 1. The number of nitrogens with zero attached hydrogens (tertiary/aromatic N) is 2. The fourth-order valence-electron chi connectivity index (χ4n) is 2.15. The molecular weight excluding hydrogens is 270 g/mol. The minimum absolute atomic E-state index is 0.290. The third-order valence-electron chi connectivity index (χ3n) is 2.99. The quantitative estimate of drug-likeness (QED) is 0.813. The van der Waals surface area contributed by atoms with Crippen LogP contribution in [-0.2, 0) is 12.8 Å². The molecule has 20 heavy (non-hydrogen) atoms. The average Bonchev–Trinajstić information content (AvgIpc) is 2.39. The summed E-state index contributed by atoms with van der Waals surface area (Å²) in [6.07, 6.45) is 2.81. The molecule has 3 nitrogen and oxygen atoms in total. The van der Waals surface area contributed by atoms with Crippen molar-refractivity contribution < 1.29 is 0 Å². The molecule has 0 fully saturated rings. The maximum absolute atomic E-state index is 6.04. The van der Waals surface area contributed by atoms with E-state index in [1.807, 2.05) is 6.07 Å². The Bertz CT molecular complexity index is 543. The van der Waals surface area contributed by atoms with E-state index in [1.54, 1.807) is 6.07 Å². The monoisotopic (exact) mass is 289 g/mol. The highest BCUT2D eigenvalue weighted by Crippen LogP contribution is 2.14. The van der Waals surface area contributed by atoms with Gasteiger partial charge in [-0.2, -0.15) is 0 Å². The highest BCUT2D eigenvalue weighted by atomic mass is 35.5. The lowest BCUT2D eigenvalue weighted by Gasteiger charge is -2.15. The van der Waals surface area contributed by atoms with E-state index in [0.29, 0.717) is 5.15 Å². The number of benzene rings is 1. The first kappa shape index (κ1) is 14.8. The van der Waals surface area contributed by atoms with Gasteiger partial charge in [0.05, 0.1) is 0 Å². The summed E-state index contributed by atoms with van der Waals surface area (Å²) in [5, 5.41) is 3.89. The van der Waals surface area contributed by atoms with Gasteiger partial charge in [-0.15, -0.1) is 0 Å². The van der Waals surface area contributed by atoms with Gasteiger partial charge in [0.15, 0.2) is 0 Å². The zero-order chi connectivity index (χ0) is 14.4. The van der Waals surface area contributed by atoms with Gasteiger partial charge in [-0.05, 0) is 25.3 Å². The van der Waals surface area contributed by atoms with Crippen LogP contribution in [-0.4, -0.2) is 16.0 Å². The summed E-state index contributed by atoms with van der Waals surface area (Å²) in [5.41, 5.74) is 1.31. The fraction of sp³-hybridized carbons (Fsp3) is 0.375. The molecule has 0 amide bonds. The number of rotatable bonds is 6. The third-order valence-corrected chi connectivity index (χ3v) is 3.19. The second-order valence-electron chi connectivity index (χ2n) is 4.98. The third kappa shape index (κ3) is 4.49. The van der Waals surface area contributed by atoms with Crippen LogP contribution < -0.4 is 5.32 Å². The van der Waals surface area contributed by atoms with Crippen molar-refractivity contribution >= 4 is 17.4 Å². The summed E-state index contributed by atoms with van der Waals surface area (Å²) in [5.74, 6) is 1.60. The molecule has 0 radical (unpaired) electrons.